The molecule has 4 heteroatoms. The molecule has 4 nitrogen and oxygen atoms in total. The standard InChI is InChI=1S/C39H56O4/c1-8-28(25(2)3)12-9-26(4)32-15-16-33-31-14-13-29-24-30(19-21-38(29,5)34(31)20-22-39(32,33)6)43-37(41)18-11-27-10-17-35(40)36(23-27)42-7/h9-13,17-18,23,25-26,28,30-34,40H,8,14-16,19-22,24H2,1-7H3/b12-9?,18-11+/t26-,28-,30+,31+,32-,33+,34+,38+,39-/m1/s1. The topological polar surface area (TPSA) is 55.8 Å². The zero-order valence-electron chi connectivity index (χ0n) is 27.8. The molecule has 4 aliphatic carbocycles. The number of hydrogen-bond acceptors (Lipinski definition) is 4. The van der Waals surface area contributed by atoms with Gasteiger partial charge in [-0.2, -0.15) is 0 Å². The summed E-state index contributed by atoms with van der Waals surface area (Å²) < 4.78 is 11.1. The van der Waals surface area contributed by atoms with Gasteiger partial charge >= 0.3 is 5.97 Å². The molecule has 3 saturated carbocycles. The number of aromatic hydroxyl groups is 1. The van der Waals surface area contributed by atoms with E-state index in [4.69, 9.17) is 9.47 Å². The first kappa shape index (κ1) is 31.9. The van der Waals surface area contributed by atoms with Gasteiger partial charge in [0.25, 0.3) is 0 Å². The van der Waals surface area contributed by atoms with Gasteiger partial charge in [0.2, 0.25) is 0 Å². The van der Waals surface area contributed by atoms with Crippen LogP contribution in [0.25, 0.3) is 6.08 Å². The van der Waals surface area contributed by atoms with E-state index in [1.54, 1.807) is 29.8 Å². The van der Waals surface area contributed by atoms with E-state index in [-0.39, 0.29) is 23.2 Å². The number of esters is 1. The molecule has 236 valence electrons. The Kier molecular flexibility index (Phi) is 9.54. The van der Waals surface area contributed by atoms with Crippen molar-refractivity contribution in [1.29, 1.82) is 0 Å². The summed E-state index contributed by atoms with van der Waals surface area (Å²) in [4.78, 5) is 12.7. The van der Waals surface area contributed by atoms with Crippen molar-refractivity contribution in [3.63, 3.8) is 0 Å². The number of ether oxygens (including phenoxy) is 2. The maximum absolute atomic E-state index is 12.7. The van der Waals surface area contributed by atoms with Crippen molar-refractivity contribution in [2.45, 2.75) is 105 Å². The number of carbonyl (C=O) groups is 1. The predicted molar refractivity (Wildman–Crippen MR) is 176 cm³/mol. The van der Waals surface area contributed by atoms with E-state index in [1.807, 2.05) is 0 Å². The highest BCUT2D eigenvalue weighted by Gasteiger charge is 2.59. The molecular weight excluding hydrogens is 532 g/mol. The van der Waals surface area contributed by atoms with Crippen molar-refractivity contribution in [3.8, 4) is 11.5 Å². The number of phenols is 1. The lowest BCUT2D eigenvalue weighted by Gasteiger charge is -2.58. The van der Waals surface area contributed by atoms with Crippen LogP contribution in [0.4, 0.5) is 0 Å². The first-order valence-corrected chi connectivity index (χ1v) is 17.1. The van der Waals surface area contributed by atoms with Crippen molar-refractivity contribution in [2.24, 2.45) is 52.3 Å². The van der Waals surface area contributed by atoms with Crippen LogP contribution in [-0.2, 0) is 9.53 Å². The molecule has 0 unspecified atom stereocenters. The van der Waals surface area contributed by atoms with Crippen LogP contribution in [0, 0.1) is 52.3 Å². The second kappa shape index (κ2) is 12.9. The van der Waals surface area contributed by atoms with E-state index in [1.165, 1.54) is 51.7 Å². The maximum atomic E-state index is 12.7. The Balaban J connectivity index is 1.22. The molecule has 43 heavy (non-hydrogen) atoms. The summed E-state index contributed by atoms with van der Waals surface area (Å²) in [5.41, 5.74) is 3.01. The monoisotopic (exact) mass is 588 g/mol. The van der Waals surface area contributed by atoms with Crippen LogP contribution in [-0.4, -0.2) is 24.3 Å². The number of hydrogen-bond donors (Lipinski definition) is 1. The van der Waals surface area contributed by atoms with Gasteiger partial charge in [-0.3, -0.25) is 0 Å². The Bertz CT molecular complexity index is 1240. The van der Waals surface area contributed by atoms with Crippen LogP contribution in [0.2, 0.25) is 0 Å². The van der Waals surface area contributed by atoms with Crippen LogP contribution in [0.1, 0.15) is 105 Å². The zero-order valence-corrected chi connectivity index (χ0v) is 27.8. The number of allylic oxidation sites excluding steroid dienone is 3. The second-order valence-electron chi connectivity index (χ2n) is 15.1. The smallest absolute Gasteiger partial charge is 0.331 e. The van der Waals surface area contributed by atoms with Gasteiger partial charge in [0.05, 0.1) is 7.11 Å². The Morgan fingerprint density at radius 3 is 2.58 bits per heavy atom. The highest BCUT2D eigenvalue weighted by molar-refractivity contribution is 5.87. The third-order valence-corrected chi connectivity index (χ3v) is 12.7. The largest absolute Gasteiger partial charge is 0.504 e. The van der Waals surface area contributed by atoms with E-state index in [2.05, 4.69) is 59.8 Å². The third kappa shape index (κ3) is 6.22. The molecule has 9 atom stereocenters. The Morgan fingerprint density at radius 1 is 1.07 bits per heavy atom. The third-order valence-electron chi connectivity index (χ3n) is 12.7. The van der Waals surface area contributed by atoms with Crippen molar-refractivity contribution in [1.82, 2.24) is 0 Å². The fourth-order valence-corrected chi connectivity index (χ4v) is 10.1. The van der Waals surface area contributed by atoms with E-state index < -0.39 is 0 Å². The minimum atomic E-state index is -0.304. The molecule has 4 aliphatic rings. The molecule has 5 rings (SSSR count). The number of rotatable bonds is 9. The zero-order chi connectivity index (χ0) is 30.9. The summed E-state index contributed by atoms with van der Waals surface area (Å²) in [5.74, 6) is 5.39. The van der Waals surface area contributed by atoms with Gasteiger partial charge in [-0.05, 0) is 127 Å². The molecule has 0 radical (unpaired) electrons. The minimum absolute atomic E-state index is 0.0579. The lowest BCUT2D eigenvalue weighted by Crippen LogP contribution is -2.51. The van der Waals surface area contributed by atoms with Crippen molar-refractivity contribution >= 4 is 12.0 Å². The van der Waals surface area contributed by atoms with Crippen molar-refractivity contribution in [3.05, 3.63) is 53.6 Å². The van der Waals surface area contributed by atoms with Crippen LogP contribution in [0.3, 0.4) is 0 Å². The minimum Gasteiger partial charge on any atom is -0.504 e. The van der Waals surface area contributed by atoms with E-state index in [0.29, 0.717) is 28.9 Å². The first-order valence-electron chi connectivity index (χ1n) is 17.1. The summed E-state index contributed by atoms with van der Waals surface area (Å²) in [6.45, 7) is 14.7. The maximum Gasteiger partial charge on any atom is 0.331 e. The van der Waals surface area contributed by atoms with E-state index in [0.717, 1.165) is 48.5 Å². The Labute approximate surface area is 261 Å². The summed E-state index contributed by atoms with van der Waals surface area (Å²) in [5, 5.41) is 9.82. The van der Waals surface area contributed by atoms with Crippen LogP contribution < -0.4 is 4.74 Å². The lowest BCUT2D eigenvalue weighted by atomic mass is 9.47. The van der Waals surface area contributed by atoms with Crippen molar-refractivity contribution in [2.75, 3.05) is 7.11 Å². The van der Waals surface area contributed by atoms with Gasteiger partial charge in [-0.1, -0.05) is 71.4 Å². The highest BCUT2D eigenvalue weighted by Crippen LogP contribution is 2.67. The molecule has 0 saturated heterocycles. The molecule has 0 aliphatic heterocycles. The number of methoxy groups -OCH3 is 1. The molecule has 0 amide bonds. The van der Waals surface area contributed by atoms with Gasteiger partial charge in [0.1, 0.15) is 6.10 Å². The van der Waals surface area contributed by atoms with E-state index >= 15 is 0 Å². The average molecular weight is 589 g/mol. The lowest BCUT2D eigenvalue weighted by molar-refractivity contribution is -0.145. The second-order valence-corrected chi connectivity index (χ2v) is 15.1. The van der Waals surface area contributed by atoms with Gasteiger partial charge < -0.3 is 14.6 Å². The predicted octanol–water partition coefficient (Wildman–Crippen LogP) is 9.78. The van der Waals surface area contributed by atoms with Crippen LogP contribution in [0.5, 0.6) is 11.5 Å². The molecule has 0 heterocycles. The van der Waals surface area contributed by atoms with Crippen LogP contribution >= 0.6 is 0 Å². The van der Waals surface area contributed by atoms with Crippen LogP contribution in [0.15, 0.2) is 48.1 Å². The molecular formula is C39H56O4. The van der Waals surface area contributed by atoms with Gasteiger partial charge in [0, 0.05) is 12.5 Å². The normalized spacial score (nSPS) is 35.3. The number of fused-ring (bicyclic) bond motifs is 5. The summed E-state index contributed by atoms with van der Waals surface area (Å²) in [7, 11) is 1.52. The number of phenolic OH excluding ortho intramolecular Hbond substituents is 1. The number of benzene rings is 1. The summed E-state index contributed by atoms with van der Waals surface area (Å²) in [6.07, 6.45) is 21.6. The van der Waals surface area contributed by atoms with Gasteiger partial charge in [-0.15, -0.1) is 0 Å². The van der Waals surface area contributed by atoms with E-state index in [9.17, 15) is 9.90 Å². The quantitative estimate of drug-likeness (QED) is 0.177. The Morgan fingerprint density at radius 2 is 1.86 bits per heavy atom. The van der Waals surface area contributed by atoms with Crippen molar-refractivity contribution < 1.29 is 19.4 Å². The average Bonchev–Trinajstić information content (AvgIpc) is 3.34. The summed E-state index contributed by atoms with van der Waals surface area (Å²) >= 11 is 0. The molecule has 3 fully saturated rings. The molecule has 1 aromatic rings. The molecule has 0 spiro atoms. The van der Waals surface area contributed by atoms with Gasteiger partial charge in [0.15, 0.2) is 11.5 Å². The molecule has 1 N–H and O–H groups in total. The Hall–Kier alpha value is -2.49. The fourth-order valence-electron chi connectivity index (χ4n) is 10.1. The number of carbonyl (C=O) groups excluding carboxylic acids is 1. The highest BCUT2D eigenvalue weighted by atomic mass is 16.5. The molecule has 1 aromatic carbocycles. The SMILES string of the molecule is CC[C@H](C=C[C@@H](C)[C@H]1CC[C@H]2[C@@H]3CC=C4C[C@@H](OC(=O)/C=C/c5ccc(O)c(OC)c5)CC[C@]4(C)[C@H]3CC[C@]12C)C(C)C. The first-order chi connectivity index (χ1) is 20.5. The molecule has 0 aromatic heterocycles. The van der Waals surface area contributed by atoms with Gasteiger partial charge in [-0.25, -0.2) is 4.79 Å². The molecule has 0 bridgehead atoms. The summed E-state index contributed by atoms with van der Waals surface area (Å²) in [6, 6.07) is 5.04. The fraction of sp³-hybridized carbons (Fsp3) is 0.667.